The molecule has 0 amide bonds. The minimum absolute atomic E-state index is 0.0921. The Morgan fingerprint density at radius 1 is 0.667 bits per heavy atom. The second-order valence-corrected chi connectivity index (χ2v) is 25.3. The Balaban J connectivity index is 1.33. The predicted octanol–water partition coefficient (Wildman–Crippen LogP) is 8.45. The molecule has 3 saturated heterocycles. The van der Waals surface area contributed by atoms with E-state index >= 15 is 0 Å². The predicted molar refractivity (Wildman–Crippen MR) is 220 cm³/mol. The molecule has 11 nitrogen and oxygen atoms in total. The van der Waals surface area contributed by atoms with E-state index in [9.17, 15) is 4.79 Å². The van der Waals surface area contributed by atoms with E-state index in [0.29, 0.717) is 5.56 Å². The summed E-state index contributed by atoms with van der Waals surface area (Å²) in [4.78, 5) is 13.2. The van der Waals surface area contributed by atoms with Crippen LogP contribution in [-0.4, -0.2) is 92.6 Å². The number of methoxy groups -OCH3 is 1. The van der Waals surface area contributed by atoms with Gasteiger partial charge in [-0.15, -0.1) is 0 Å². The molecule has 3 aliphatic rings. The van der Waals surface area contributed by atoms with Crippen molar-refractivity contribution in [3.63, 3.8) is 0 Å². The van der Waals surface area contributed by atoms with Crippen LogP contribution >= 0.6 is 0 Å². The van der Waals surface area contributed by atoms with E-state index in [4.69, 9.17) is 46.1 Å². The third-order valence-electron chi connectivity index (χ3n) is 11.3. The van der Waals surface area contributed by atoms with Crippen molar-refractivity contribution in [2.24, 2.45) is 0 Å². The Morgan fingerprint density at radius 2 is 1.19 bits per heavy atom. The van der Waals surface area contributed by atoms with Gasteiger partial charge < -0.3 is 46.1 Å². The van der Waals surface area contributed by atoms with Crippen LogP contribution in [0.3, 0.4) is 0 Å². The van der Waals surface area contributed by atoms with Gasteiger partial charge >= 0.3 is 23.1 Å². The van der Waals surface area contributed by atoms with E-state index < -0.39 is 72.3 Å². The molecule has 8 atom stereocenters. The maximum absolute atomic E-state index is 13.2. The van der Waals surface area contributed by atoms with Gasteiger partial charge in [-0.05, 0) is 45.4 Å². The number of carbonyl (C=O) groups is 1. The summed E-state index contributed by atoms with van der Waals surface area (Å²) in [7, 11) is -4.26. The smallest absolute Gasteiger partial charge is 0.338 e. The van der Waals surface area contributed by atoms with Gasteiger partial charge in [0.1, 0.15) is 43.2 Å². The van der Waals surface area contributed by atoms with Crippen molar-refractivity contribution in [1.29, 1.82) is 0 Å². The summed E-state index contributed by atoms with van der Waals surface area (Å²) in [6.45, 7) is 18.3. The molecular formula is C44H62O11Si2. The third kappa shape index (κ3) is 9.82. The van der Waals surface area contributed by atoms with Crippen LogP contribution in [0.15, 0.2) is 91.0 Å². The molecule has 3 aromatic carbocycles. The fourth-order valence-electron chi connectivity index (χ4n) is 8.26. The number of rotatable bonds is 16. The Labute approximate surface area is 341 Å². The number of carbonyl (C=O) groups excluding carboxylic acids is 1. The van der Waals surface area contributed by atoms with E-state index in [2.05, 4.69) is 55.4 Å². The van der Waals surface area contributed by atoms with E-state index in [1.54, 1.807) is 31.4 Å². The summed E-state index contributed by atoms with van der Waals surface area (Å²) in [5.41, 5.74) is 2.94. The number of esters is 1. The van der Waals surface area contributed by atoms with Crippen LogP contribution in [0.2, 0.25) is 22.2 Å². The molecule has 6 rings (SSSR count). The molecule has 0 N–H and O–H groups in total. The fourth-order valence-corrected chi connectivity index (χ4v) is 19.5. The zero-order valence-corrected chi connectivity index (χ0v) is 36.9. The van der Waals surface area contributed by atoms with Crippen LogP contribution in [0.25, 0.3) is 0 Å². The Morgan fingerprint density at radius 3 is 1.72 bits per heavy atom. The third-order valence-corrected chi connectivity index (χ3v) is 21.6. The molecule has 0 saturated carbocycles. The number of hydrogen-bond acceptors (Lipinski definition) is 11. The molecule has 0 aromatic heterocycles. The minimum atomic E-state index is -3.05. The van der Waals surface area contributed by atoms with Crippen molar-refractivity contribution >= 4 is 23.1 Å². The average Bonchev–Trinajstić information content (AvgIpc) is 3.70. The van der Waals surface area contributed by atoms with Crippen molar-refractivity contribution < 1.29 is 50.9 Å². The van der Waals surface area contributed by atoms with Crippen LogP contribution in [0.1, 0.15) is 76.9 Å². The molecule has 3 aromatic rings. The lowest BCUT2D eigenvalue weighted by molar-refractivity contribution is -0.247. The highest BCUT2D eigenvalue weighted by Crippen LogP contribution is 2.48. The van der Waals surface area contributed by atoms with Crippen molar-refractivity contribution in [2.45, 2.75) is 140 Å². The highest BCUT2D eigenvalue weighted by molar-refractivity contribution is 6.84. The van der Waals surface area contributed by atoms with Gasteiger partial charge in [-0.25, -0.2) is 4.79 Å². The Bertz CT molecular complexity index is 1660. The summed E-state index contributed by atoms with van der Waals surface area (Å²) in [6, 6.07) is 28.7. The first-order valence-electron chi connectivity index (χ1n) is 20.4. The van der Waals surface area contributed by atoms with Crippen LogP contribution in [0.4, 0.5) is 0 Å². The lowest BCUT2D eigenvalue weighted by Gasteiger charge is -2.51. The van der Waals surface area contributed by atoms with E-state index in [0.717, 1.165) is 11.1 Å². The van der Waals surface area contributed by atoms with Gasteiger partial charge in [-0.1, -0.05) is 134 Å². The van der Waals surface area contributed by atoms with Gasteiger partial charge in [0, 0.05) is 7.11 Å². The highest BCUT2D eigenvalue weighted by atomic mass is 28.5. The molecule has 0 spiro atoms. The molecular weight excluding hydrogens is 761 g/mol. The monoisotopic (exact) mass is 822 g/mol. The number of benzene rings is 3. The summed E-state index contributed by atoms with van der Waals surface area (Å²) >= 11 is 0. The Kier molecular flexibility index (Phi) is 15.0. The van der Waals surface area contributed by atoms with Gasteiger partial charge in [0.25, 0.3) is 0 Å². The molecule has 0 unspecified atom stereocenters. The molecule has 312 valence electrons. The summed E-state index contributed by atoms with van der Waals surface area (Å²) in [5, 5.41) is 0. The second-order valence-electron chi connectivity index (χ2n) is 16.5. The Hall–Kier alpha value is -2.80. The van der Waals surface area contributed by atoms with Gasteiger partial charge in [0.15, 0.2) is 12.6 Å². The molecule has 0 aliphatic carbocycles. The van der Waals surface area contributed by atoms with Crippen LogP contribution in [0, 0.1) is 0 Å². The zero-order valence-electron chi connectivity index (χ0n) is 34.9. The lowest BCUT2D eigenvalue weighted by Crippen LogP contribution is -2.66. The topological polar surface area (TPSA) is 109 Å². The van der Waals surface area contributed by atoms with E-state index in [1.165, 1.54) is 0 Å². The largest absolute Gasteiger partial charge is 0.459 e. The first-order valence-corrected chi connectivity index (χ1v) is 24.4. The first-order chi connectivity index (χ1) is 27.4. The minimum Gasteiger partial charge on any atom is -0.459 e. The average molecular weight is 823 g/mol. The van der Waals surface area contributed by atoms with Crippen LogP contribution in [-0.2, 0) is 59.3 Å². The normalized spacial score (nSPS) is 28.4. The van der Waals surface area contributed by atoms with Crippen molar-refractivity contribution in [3.8, 4) is 0 Å². The van der Waals surface area contributed by atoms with Crippen molar-refractivity contribution in [3.05, 3.63) is 108 Å². The lowest BCUT2D eigenvalue weighted by atomic mass is 10.1. The number of ether oxygens (including phenoxy) is 7. The highest BCUT2D eigenvalue weighted by Gasteiger charge is 2.63. The summed E-state index contributed by atoms with van der Waals surface area (Å²) in [5.74, 6) is -0.465. The second kappa shape index (κ2) is 19.5. The standard InChI is InChI=1S/C44H62O11Si2/c1-29(2)56(30(3)4)50-28-37-39(54-57(55-56,31(5)6)32(7)8)41(43(46-9)51-37)53-44-40(48-26-34-21-15-11-16-22-34)38(47-25-33-19-13-10-14-20-33)36(52-44)27-49-42(45)35-23-17-12-18-24-35/h10-24,29-32,36-41,43-44H,25-28H2,1-9H3/t36-,37-,38-,39-,40+,41+,43+,44-/m1/s1. The number of hydrogen-bond donors (Lipinski definition) is 0. The van der Waals surface area contributed by atoms with Gasteiger partial charge in [0.2, 0.25) is 0 Å². The van der Waals surface area contributed by atoms with Crippen molar-refractivity contribution in [2.75, 3.05) is 20.3 Å². The quantitative estimate of drug-likeness (QED) is 0.103. The van der Waals surface area contributed by atoms with Gasteiger partial charge in [-0.3, -0.25) is 0 Å². The van der Waals surface area contributed by atoms with Crippen LogP contribution in [0.5, 0.6) is 0 Å². The zero-order chi connectivity index (χ0) is 40.7. The molecule has 0 bridgehead atoms. The van der Waals surface area contributed by atoms with E-state index in [-0.39, 0.29) is 48.6 Å². The molecule has 3 aliphatic heterocycles. The molecule has 0 radical (unpaired) electrons. The molecule has 3 heterocycles. The molecule has 13 heteroatoms. The number of fused-ring (bicyclic) bond motifs is 1. The van der Waals surface area contributed by atoms with Crippen LogP contribution < -0.4 is 0 Å². The van der Waals surface area contributed by atoms with Crippen molar-refractivity contribution in [1.82, 2.24) is 0 Å². The molecule has 57 heavy (non-hydrogen) atoms. The summed E-state index contributed by atoms with van der Waals surface area (Å²) in [6.07, 6.45) is -5.80. The fraction of sp³-hybridized carbons (Fsp3) is 0.568. The van der Waals surface area contributed by atoms with E-state index in [1.807, 2.05) is 66.7 Å². The first kappa shape index (κ1) is 43.8. The maximum Gasteiger partial charge on any atom is 0.338 e. The summed E-state index contributed by atoms with van der Waals surface area (Å²) < 4.78 is 67.5. The van der Waals surface area contributed by atoms with Gasteiger partial charge in [-0.2, -0.15) is 0 Å². The maximum atomic E-state index is 13.2. The SMILES string of the molecule is CO[C@H]1O[C@@H]2CO[Si](C(C)C)(C(C)C)O[Si](C(C)C)(C(C)C)O[C@H]2[C@@H]1O[C@H]1O[C@H](COC(=O)c2ccccc2)[C@@H](OCc2ccccc2)[C@@H]1OCc1ccccc1. The molecule has 3 fully saturated rings. The van der Waals surface area contributed by atoms with Gasteiger partial charge in [0.05, 0.1) is 25.4 Å².